The minimum absolute atomic E-state index is 0.0226. The first-order valence-electron chi connectivity index (χ1n) is 13.0. The highest BCUT2D eigenvalue weighted by Gasteiger charge is 2.46. The van der Waals surface area contributed by atoms with E-state index in [1.165, 1.54) is 0 Å². The Morgan fingerprint density at radius 3 is 2.22 bits per heavy atom. The largest absolute Gasteiger partial charge is 0.493 e. The number of nitrogens with zero attached hydrogens (tertiary/aromatic N) is 3. The summed E-state index contributed by atoms with van der Waals surface area (Å²) in [5, 5.41) is 0. The summed E-state index contributed by atoms with van der Waals surface area (Å²) in [5.74, 6) is 0.859. The lowest BCUT2D eigenvalue weighted by molar-refractivity contribution is -0.136. The van der Waals surface area contributed by atoms with Crippen molar-refractivity contribution in [2.24, 2.45) is 0 Å². The Kier molecular flexibility index (Phi) is 8.27. The maximum absolute atomic E-state index is 14.4. The monoisotopic (exact) mass is 509 g/mol. The first-order valence-corrected chi connectivity index (χ1v) is 13.0. The molecule has 0 unspecified atom stereocenters. The molecule has 0 aromatic heterocycles. The lowest BCUT2D eigenvalue weighted by Gasteiger charge is -2.44. The summed E-state index contributed by atoms with van der Waals surface area (Å²) in [6.45, 7) is 4.48. The van der Waals surface area contributed by atoms with Gasteiger partial charge in [0.05, 0.1) is 33.3 Å². The van der Waals surface area contributed by atoms with E-state index in [9.17, 15) is 9.59 Å². The van der Waals surface area contributed by atoms with Crippen LogP contribution in [0.5, 0.6) is 17.2 Å². The Morgan fingerprint density at radius 1 is 1.03 bits per heavy atom. The fourth-order valence-electron chi connectivity index (χ4n) is 5.77. The fraction of sp³-hybridized carbons (Fsp3) is 0.517. The van der Waals surface area contributed by atoms with Gasteiger partial charge in [-0.1, -0.05) is 25.1 Å². The number of carbonyl (C=O) groups excluding carboxylic acids is 2. The molecule has 2 aliphatic heterocycles. The van der Waals surface area contributed by atoms with Crippen LogP contribution < -0.4 is 14.2 Å². The Labute approximate surface area is 220 Å². The zero-order chi connectivity index (χ0) is 26.7. The first-order chi connectivity index (χ1) is 17.9. The Balaban J connectivity index is 1.88. The van der Waals surface area contributed by atoms with E-state index >= 15 is 0 Å². The van der Waals surface area contributed by atoms with Gasteiger partial charge in [0.2, 0.25) is 11.7 Å². The van der Waals surface area contributed by atoms with Crippen molar-refractivity contribution in [1.29, 1.82) is 0 Å². The number of methoxy groups -OCH3 is 3. The van der Waals surface area contributed by atoms with E-state index in [2.05, 4.69) is 11.9 Å². The molecule has 0 saturated carbocycles. The standard InChI is InChI=1S/C29H39N3O5/c1-7-14-32-26(19-17-23(35-4)27(37-6)24(18-19)36-5)25(21-10-8-9-11-22(21)28(32)33)29(34)31(3)20-12-15-30(2)16-13-20/h8-11,17-18,20,25-26H,7,12-16H2,1-6H3/t25-,26-/m1/s1. The molecule has 2 aromatic rings. The molecule has 0 bridgehead atoms. The molecule has 2 heterocycles. The van der Waals surface area contributed by atoms with Gasteiger partial charge in [-0.05, 0) is 68.7 Å². The van der Waals surface area contributed by atoms with Crippen LogP contribution >= 0.6 is 0 Å². The van der Waals surface area contributed by atoms with E-state index in [0.29, 0.717) is 29.4 Å². The quantitative estimate of drug-likeness (QED) is 0.537. The van der Waals surface area contributed by atoms with E-state index in [1.807, 2.05) is 60.2 Å². The van der Waals surface area contributed by atoms with Crippen LogP contribution in [-0.2, 0) is 4.79 Å². The first kappa shape index (κ1) is 26.8. The number of ether oxygens (including phenoxy) is 3. The number of likely N-dealkylation sites (tertiary alicyclic amines) is 1. The number of benzene rings is 2. The highest BCUT2D eigenvalue weighted by atomic mass is 16.5. The van der Waals surface area contributed by atoms with Gasteiger partial charge in [-0.25, -0.2) is 0 Å². The highest BCUT2D eigenvalue weighted by molar-refractivity contribution is 6.01. The maximum atomic E-state index is 14.4. The summed E-state index contributed by atoms with van der Waals surface area (Å²) in [4.78, 5) is 34.3. The third kappa shape index (κ3) is 4.99. The normalized spacial score (nSPS) is 20.4. The van der Waals surface area contributed by atoms with Gasteiger partial charge < -0.3 is 28.9 Å². The van der Waals surface area contributed by atoms with Crippen LogP contribution in [0.4, 0.5) is 0 Å². The van der Waals surface area contributed by atoms with Gasteiger partial charge in [-0.15, -0.1) is 0 Å². The Hall–Kier alpha value is -3.26. The van der Waals surface area contributed by atoms with E-state index in [0.717, 1.165) is 43.5 Å². The minimum atomic E-state index is -0.562. The van der Waals surface area contributed by atoms with Gasteiger partial charge in [0.15, 0.2) is 11.5 Å². The van der Waals surface area contributed by atoms with E-state index in [1.54, 1.807) is 21.3 Å². The predicted molar refractivity (Wildman–Crippen MR) is 143 cm³/mol. The zero-order valence-corrected chi connectivity index (χ0v) is 22.8. The molecule has 8 nitrogen and oxygen atoms in total. The summed E-state index contributed by atoms with van der Waals surface area (Å²) in [5.41, 5.74) is 2.14. The van der Waals surface area contributed by atoms with Crippen LogP contribution in [0.3, 0.4) is 0 Å². The Morgan fingerprint density at radius 2 is 1.65 bits per heavy atom. The third-order valence-electron chi connectivity index (χ3n) is 7.78. The molecule has 200 valence electrons. The molecule has 4 rings (SSSR count). The summed E-state index contributed by atoms with van der Waals surface area (Å²) < 4.78 is 16.8. The molecular formula is C29H39N3O5. The van der Waals surface area contributed by atoms with E-state index in [4.69, 9.17) is 14.2 Å². The van der Waals surface area contributed by atoms with Crippen molar-refractivity contribution in [1.82, 2.24) is 14.7 Å². The van der Waals surface area contributed by atoms with Gasteiger partial charge in [-0.2, -0.15) is 0 Å². The van der Waals surface area contributed by atoms with Crippen LogP contribution in [0.15, 0.2) is 36.4 Å². The summed E-state index contributed by atoms with van der Waals surface area (Å²) in [6, 6.07) is 10.9. The second-order valence-electron chi connectivity index (χ2n) is 9.95. The van der Waals surface area contributed by atoms with Crippen LogP contribution in [0.1, 0.15) is 59.6 Å². The van der Waals surface area contributed by atoms with Gasteiger partial charge in [-0.3, -0.25) is 9.59 Å². The van der Waals surface area contributed by atoms with Gasteiger partial charge >= 0.3 is 0 Å². The summed E-state index contributed by atoms with van der Waals surface area (Å²) in [7, 11) is 8.73. The average Bonchev–Trinajstić information content (AvgIpc) is 2.93. The van der Waals surface area contributed by atoms with Crippen molar-refractivity contribution in [3.8, 4) is 17.2 Å². The third-order valence-corrected chi connectivity index (χ3v) is 7.78. The van der Waals surface area contributed by atoms with Crippen molar-refractivity contribution in [2.45, 2.75) is 44.2 Å². The molecule has 1 fully saturated rings. The number of carbonyl (C=O) groups is 2. The van der Waals surface area contributed by atoms with Crippen LogP contribution in [0.25, 0.3) is 0 Å². The van der Waals surface area contributed by atoms with Gasteiger partial charge in [0, 0.05) is 25.2 Å². The van der Waals surface area contributed by atoms with Crippen molar-refractivity contribution < 1.29 is 23.8 Å². The second-order valence-corrected chi connectivity index (χ2v) is 9.95. The second kappa shape index (κ2) is 11.4. The smallest absolute Gasteiger partial charge is 0.254 e. The predicted octanol–water partition coefficient (Wildman–Crippen LogP) is 3.96. The average molecular weight is 510 g/mol. The number of rotatable bonds is 8. The van der Waals surface area contributed by atoms with Crippen molar-refractivity contribution >= 4 is 11.8 Å². The van der Waals surface area contributed by atoms with E-state index < -0.39 is 12.0 Å². The number of fused-ring (bicyclic) bond motifs is 1. The zero-order valence-electron chi connectivity index (χ0n) is 22.8. The van der Waals surface area contributed by atoms with E-state index in [-0.39, 0.29) is 17.9 Å². The van der Waals surface area contributed by atoms with Gasteiger partial charge in [0.25, 0.3) is 5.91 Å². The molecule has 2 aliphatic rings. The Bertz CT molecular complexity index is 1100. The topological polar surface area (TPSA) is 71.6 Å². The number of hydrogen-bond donors (Lipinski definition) is 0. The van der Waals surface area contributed by atoms with Crippen molar-refractivity contribution in [3.05, 3.63) is 53.1 Å². The van der Waals surface area contributed by atoms with Crippen LogP contribution in [0.2, 0.25) is 0 Å². The molecule has 0 spiro atoms. The lowest BCUT2D eigenvalue weighted by Crippen LogP contribution is -2.51. The van der Waals surface area contributed by atoms with Gasteiger partial charge in [0.1, 0.15) is 0 Å². The molecule has 2 aromatic carbocycles. The molecular weight excluding hydrogens is 470 g/mol. The molecule has 2 atom stereocenters. The summed E-state index contributed by atoms with van der Waals surface area (Å²) in [6.07, 6.45) is 2.62. The molecule has 2 amide bonds. The summed E-state index contributed by atoms with van der Waals surface area (Å²) >= 11 is 0. The number of likely N-dealkylation sites (N-methyl/N-ethyl adjacent to an activating group) is 1. The fourth-order valence-corrected chi connectivity index (χ4v) is 5.77. The van der Waals surface area contributed by atoms with Crippen molar-refractivity contribution in [3.63, 3.8) is 0 Å². The molecule has 0 aliphatic carbocycles. The van der Waals surface area contributed by atoms with Crippen molar-refractivity contribution in [2.75, 3.05) is 55.1 Å². The molecule has 8 heteroatoms. The van der Waals surface area contributed by atoms with Crippen LogP contribution in [0, 0.1) is 0 Å². The molecule has 1 saturated heterocycles. The van der Waals surface area contributed by atoms with Crippen LogP contribution in [-0.4, -0.2) is 87.6 Å². The molecule has 0 N–H and O–H groups in total. The minimum Gasteiger partial charge on any atom is -0.493 e. The highest BCUT2D eigenvalue weighted by Crippen LogP contribution is 2.48. The lowest BCUT2D eigenvalue weighted by atomic mass is 9.78. The molecule has 37 heavy (non-hydrogen) atoms. The molecule has 0 radical (unpaired) electrons. The SMILES string of the molecule is CCCN1C(=O)c2ccccc2[C@@H](C(=O)N(C)C2CCN(C)CC2)[C@H]1c1cc(OC)c(OC)c(OC)c1. The number of hydrogen-bond acceptors (Lipinski definition) is 6. The maximum Gasteiger partial charge on any atom is 0.254 e. The number of piperidine rings is 1. The number of amides is 2.